The van der Waals surface area contributed by atoms with Crippen LogP contribution >= 0.6 is 11.3 Å². The predicted octanol–water partition coefficient (Wildman–Crippen LogP) is 5.13. The molecule has 0 saturated heterocycles. The maximum absolute atomic E-state index is 14.4. The van der Waals surface area contributed by atoms with E-state index in [0.29, 0.717) is 27.4 Å². The van der Waals surface area contributed by atoms with Gasteiger partial charge in [0.1, 0.15) is 10.0 Å². The summed E-state index contributed by atoms with van der Waals surface area (Å²) < 4.78 is 28.0. The molecule has 0 saturated carbocycles. The zero-order valence-corrected chi connectivity index (χ0v) is 23.1. The van der Waals surface area contributed by atoms with Crippen LogP contribution in [0.5, 0.6) is 0 Å². The number of anilines is 3. The van der Waals surface area contributed by atoms with E-state index in [9.17, 15) is 23.0 Å². The minimum atomic E-state index is -1.35. The van der Waals surface area contributed by atoms with E-state index >= 15 is 0 Å². The van der Waals surface area contributed by atoms with E-state index in [-0.39, 0.29) is 12.1 Å². The number of thiophene rings is 1. The SMILES string of the molecule is C=CC.CCCNc1ccc2c(c1)CC(=O)N(c1ccc(NC)cc1F)C2=O.O=CNS(=O)c1cccs1. The Balaban J connectivity index is 0.000000324. The molecule has 1 atom stereocenters. The van der Waals surface area contributed by atoms with Gasteiger partial charge in [-0.25, -0.2) is 13.5 Å². The lowest BCUT2D eigenvalue weighted by atomic mass is 9.97. The van der Waals surface area contributed by atoms with Gasteiger partial charge in [0.2, 0.25) is 12.3 Å². The van der Waals surface area contributed by atoms with Crippen LogP contribution in [0.4, 0.5) is 21.5 Å². The number of carbonyl (C=O) groups excluding carboxylic acids is 3. The van der Waals surface area contributed by atoms with Crippen LogP contribution in [0.3, 0.4) is 0 Å². The van der Waals surface area contributed by atoms with Crippen LogP contribution in [-0.4, -0.2) is 36.0 Å². The molecule has 3 amide bonds. The van der Waals surface area contributed by atoms with Gasteiger partial charge >= 0.3 is 0 Å². The summed E-state index contributed by atoms with van der Waals surface area (Å²) in [5.41, 5.74) is 2.52. The Morgan fingerprint density at radius 1 is 1.16 bits per heavy atom. The van der Waals surface area contributed by atoms with Gasteiger partial charge in [-0.3, -0.25) is 19.1 Å². The molecule has 0 radical (unpaired) electrons. The number of carbonyl (C=O) groups is 3. The van der Waals surface area contributed by atoms with Crippen LogP contribution in [0, 0.1) is 5.82 Å². The molecule has 0 bridgehead atoms. The number of allylic oxidation sites excluding steroid dienone is 1. The Labute approximate surface area is 228 Å². The summed E-state index contributed by atoms with van der Waals surface area (Å²) in [5.74, 6) is -1.54. The lowest BCUT2D eigenvalue weighted by Crippen LogP contribution is -2.43. The molecule has 0 aliphatic carbocycles. The first-order valence-electron chi connectivity index (χ1n) is 11.7. The molecule has 3 aromatic rings. The fraction of sp³-hybridized carbons (Fsp3) is 0.222. The van der Waals surface area contributed by atoms with E-state index in [1.165, 1.54) is 23.5 Å². The number of hydrogen-bond acceptors (Lipinski definition) is 7. The van der Waals surface area contributed by atoms with Gasteiger partial charge in [0, 0.05) is 30.5 Å². The van der Waals surface area contributed by atoms with Gasteiger partial charge in [-0.15, -0.1) is 17.9 Å². The first kappa shape index (κ1) is 30.4. The summed E-state index contributed by atoms with van der Waals surface area (Å²) in [4.78, 5) is 36.0. The average Bonchev–Trinajstić information content (AvgIpc) is 3.44. The standard InChI is InChI=1S/C19H20FN3O2.C5H5NO2S2.C3H6/c1-3-8-22-14-4-6-15-12(9-14)10-18(24)23(19(15)25)17-7-5-13(21-2)11-16(17)20;7-4-6-10(8)5-2-1-3-9-5;1-3-2/h4-7,9,11,21-22H,3,8,10H2,1-2H3;1-4H,(H,6,7);3H,1H2,2H3. The number of nitrogens with zero attached hydrogens (tertiary/aromatic N) is 1. The molecule has 38 heavy (non-hydrogen) atoms. The van der Waals surface area contributed by atoms with E-state index in [4.69, 9.17) is 0 Å². The van der Waals surface area contributed by atoms with Crippen molar-refractivity contribution in [3.05, 3.63) is 83.5 Å². The normalized spacial score (nSPS) is 12.6. The highest BCUT2D eigenvalue weighted by atomic mass is 32.2. The molecule has 3 N–H and O–H groups in total. The third-order valence-electron chi connectivity index (χ3n) is 5.02. The molecule has 4 rings (SSSR count). The van der Waals surface area contributed by atoms with E-state index in [2.05, 4.69) is 28.9 Å². The van der Waals surface area contributed by atoms with Gasteiger partial charge in [-0.1, -0.05) is 19.1 Å². The number of imide groups is 1. The molecule has 11 heteroatoms. The molecule has 1 unspecified atom stereocenters. The van der Waals surface area contributed by atoms with Gasteiger partial charge in [0.15, 0.2) is 11.0 Å². The maximum Gasteiger partial charge on any atom is 0.265 e. The number of halogens is 1. The van der Waals surface area contributed by atoms with Crippen molar-refractivity contribution in [2.75, 3.05) is 29.1 Å². The smallest absolute Gasteiger partial charge is 0.265 e. The molecule has 202 valence electrons. The van der Waals surface area contributed by atoms with Crippen molar-refractivity contribution < 1.29 is 23.0 Å². The zero-order chi connectivity index (χ0) is 28.1. The molecule has 0 fully saturated rings. The van der Waals surface area contributed by atoms with Crippen LogP contribution < -0.4 is 20.3 Å². The van der Waals surface area contributed by atoms with Gasteiger partial charge in [-0.05, 0) is 66.8 Å². The summed E-state index contributed by atoms with van der Waals surface area (Å²) in [7, 11) is 0.321. The van der Waals surface area contributed by atoms with Crippen LogP contribution in [0.15, 0.2) is 70.8 Å². The molecule has 2 heterocycles. The summed E-state index contributed by atoms with van der Waals surface area (Å²) in [6, 6.07) is 13.1. The van der Waals surface area contributed by atoms with E-state index in [1.54, 1.807) is 48.8 Å². The topological polar surface area (TPSA) is 108 Å². The molecule has 1 aromatic heterocycles. The quantitative estimate of drug-likeness (QED) is 0.201. The molecule has 0 spiro atoms. The average molecular weight is 559 g/mol. The minimum Gasteiger partial charge on any atom is -0.388 e. The Bertz CT molecular complexity index is 1280. The third kappa shape index (κ3) is 8.09. The molecular formula is C27H31FN4O4S2. The monoisotopic (exact) mass is 558 g/mol. The van der Waals surface area contributed by atoms with Crippen LogP contribution in [0.25, 0.3) is 0 Å². The maximum atomic E-state index is 14.4. The van der Waals surface area contributed by atoms with Crippen LogP contribution in [-0.2, 0) is 27.0 Å². The summed E-state index contributed by atoms with van der Waals surface area (Å²) in [5, 5.41) is 7.86. The first-order valence-corrected chi connectivity index (χ1v) is 13.8. The Morgan fingerprint density at radius 3 is 2.45 bits per heavy atom. The second-order valence-corrected chi connectivity index (χ2v) is 10.2. The number of fused-ring (bicyclic) bond motifs is 1. The minimum absolute atomic E-state index is 0.0205. The van der Waals surface area contributed by atoms with Gasteiger partial charge < -0.3 is 10.6 Å². The second kappa shape index (κ2) is 15.4. The Kier molecular flexibility index (Phi) is 12.3. The van der Waals surface area contributed by atoms with Crippen molar-refractivity contribution in [2.24, 2.45) is 0 Å². The molecule has 1 aliphatic rings. The number of nitrogens with one attached hydrogen (secondary N) is 3. The number of hydrogen-bond donors (Lipinski definition) is 3. The van der Waals surface area contributed by atoms with Gasteiger partial charge in [0.25, 0.3) is 5.91 Å². The highest BCUT2D eigenvalue weighted by Gasteiger charge is 2.33. The second-order valence-electron chi connectivity index (χ2n) is 7.77. The Morgan fingerprint density at radius 2 is 1.87 bits per heavy atom. The first-order chi connectivity index (χ1) is 18.3. The van der Waals surface area contributed by atoms with E-state index < -0.39 is 28.6 Å². The predicted molar refractivity (Wildman–Crippen MR) is 152 cm³/mol. The summed E-state index contributed by atoms with van der Waals surface area (Å²) in [6.45, 7) is 8.13. The largest absolute Gasteiger partial charge is 0.388 e. The third-order valence-corrected chi connectivity index (χ3v) is 7.24. The highest BCUT2D eigenvalue weighted by Crippen LogP contribution is 2.30. The fourth-order valence-electron chi connectivity index (χ4n) is 3.36. The number of benzene rings is 2. The van der Waals surface area contributed by atoms with Crippen molar-refractivity contribution in [3.63, 3.8) is 0 Å². The molecule has 8 nitrogen and oxygen atoms in total. The van der Waals surface area contributed by atoms with Crippen LogP contribution in [0.2, 0.25) is 0 Å². The van der Waals surface area contributed by atoms with Crippen molar-refractivity contribution in [3.8, 4) is 0 Å². The summed E-state index contributed by atoms with van der Waals surface area (Å²) >= 11 is 1.35. The highest BCUT2D eigenvalue weighted by molar-refractivity contribution is 7.85. The Hall–Kier alpha value is -3.83. The van der Waals surface area contributed by atoms with E-state index in [1.807, 2.05) is 13.0 Å². The van der Waals surface area contributed by atoms with E-state index in [0.717, 1.165) is 23.6 Å². The van der Waals surface area contributed by atoms with Crippen molar-refractivity contribution in [1.29, 1.82) is 0 Å². The number of amides is 3. The van der Waals surface area contributed by atoms with Gasteiger partial charge in [-0.2, -0.15) is 0 Å². The van der Waals surface area contributed by atoms with Crippen molar-refractivity contribution in [1.82, 2.24) is 4.72 Å². The lowest BCUT2D eigenvalue weighted by Gasteiger charge is -2.27. The molecule has 2 aromatic carbocycles. The zero-order valence-electron chi connectivity index (χ0n) is 21.5. The van der Waals surface area contributed by atoms with Gasteiger partial charge in [0.05, 0.1) is 12.1 Å². The summed E-state index contributed by atoms with van der Waals surface area (Å²) in [6.07, 6.45) is 3.22. The number of rotatable bonds is 8. The lowest BCUT2D eigenvalue weighted by molar-refractivity contribution is -0.117. The molecular weight excluding hydrogens is 527 g/mol. The molecule has 1 aliphatic heterocycles. The fourth-order valence-corrected chi connectivity index (χ4v) is 4.88. The van der Waals surface area contributed by atoms with Crippen molar-refractivity contribution in [2.45, 2.75) is 30.9 Å². The van der Waals surface area contributed by atoms with Crippen LogP contribution in [0.1, 0.15) is 36.2 Å². The van der Waals surface area contributed by atoms with Crippen molar-refractivity contribution >= 4 is 57.6 Å².